The number of hydrazine groups is 1. The molecule has 0 aliphatic rings. The fraction of sp³-hybridized carbons (Fsp3) is 0.111. The molecule has 110 valence electrons. The monoisotopic (exact) mass is 291 g/mol. The van der Waals surface area contributed by atoms with Crippen LogP contribution in [0.3, 0.4) is 0 Å². The summed E-state index contributed by atoms with van der Waals surface area (Å²) in [6.45, 7) is 3.43. The van der Waals surface area contributed by atoms with E-state index in [1.807, 2.05) is 37.3 Å². The lowest BCUT2D eigenvalue weighted by molar-refractivity contribution is -0.111. The summed E-state index contributed by atoms with van der Waals surface area (Å²) in [7, 11) is 0. The zero-order valence-corrected chi connectivity index (χ0v) is 12.6. The minimum atomic E-state index is -0.174. The summed E-state index contributed by atoms with van der Waals surface area (Å²) in [6.07, 6.45) is 5.37. The number of hydrogen-bond acceptors (Lipinski definition) is 3. The van der Waals surface area contributed by atoms with Crippen LogP contribution in [0.25, 0.3) is 0 Å². The first kappa shape index (κ1) is 15.3. The average Bonchev–Trinajstić information content (AvgIpc) is 2.52. The van der Waals surface area contributed by atoms with Gasteiger partial charge in [-0.1, -0.05) is 30.2 Å². The van der Waals surface area contributed by atoms with Gasteiger partial charge in [0.05, 0.1) is 11.4 Å². The summed E-state index contributed by atoms with van der Waals surface area (Å²) in [5.74, 6) is 2.59. The highest BCUT2D eigenvalue weighted by atomic mass is 16.1. The van der Waals surface area contributed by atoms with E-state index in [4.69, 9.17) is 6.42 Å². The Hall–Kier alpha value is -3.06. The summed E-state index contributed by atoms with van der Waals surface area (Å²) < 4.78 is 0. The van der Waals surface area contributed by atoms with Crippen LogP contribution in [0.1, 0.15) is 18.1 Å². The van der Waals surface area contributed by atoms with Gasteiger partial charge in [-0.3, -0.25) is 15.6 Å². The van der Waals surface area contributed by atoms with E-state index in [2.05, 4.69) is 21.8 Å². The van der Waals surface area contributed by atoms with Crippen LogP contribution in [0, 0.1) is 19.3 Å². The Kier molecular flexibility index (Phi) is 4.94. The number of carbonyl (C=O) groups excluding carboxylic acids is 1. The van der Waals surface area contributed by atoms with Crippen molar-refractivity contribution in [2.24, 2.45) is 4.99 Å². The topological polar surface area (TPSA) is 53.5 Å². The second-order valence-corrected chi connectivity index (χ2v) is 4.78. The molecule has 0 heterocycles. The highest BCUT2D eigenvalue weighted by Gasteiger charge is 2.06. The van der Waals surface area contributed by atoms with E-state index in [1.165, 1.54) is 6.92 Å². The van der Waals surface area contributed by atoms with Crippen LogP contribution in [-0.4, -0.2) is 11.6 Å². The Morgan fingerprint density at radius 2 is 1.95 bits per heavy atom. The van der Waals surface area contributed by atoms with Gasteiger partial charge >= 0.3 is 0 Å². The molecule has 0 spiro atoms. The molecule has 0 unspecified atom stereocenters. The third-order valence-electron chi connectivity index (χ3n) is 3.05. The van der Waals surface area contributed by atoms with Gasteiger partial charge in [0, 0.05) is 12.5 Å². The van der Waals surface area contributed by atoms with E-state index in [-0.39, 0.29) is 11.6 Å². The third-order valence-corrected chi connectivity index (χ3v) is 3.05. The molecule has 0 aliphatic carbocycles. The second kappa shape index (κ2) is 7.09. The normalized spacial score (nSPS) is 10.7. The van der Waals surface area contributed by atoms with E-state index in [9.17, 15) is 4.79 Å². The molecule has 2 N–H and O–H groups in total. The summed E-state index contributed by atoms with van der Waals surface area (Å²) in [5.41, 5.74) is 9.15. The summed E-state index contributed by atoms with van der Waals surface area (Å²) >= 11 is 0. The van der Waals surface area contributed by atoms with Gasteiger partial charge in [0.15, 0.2) is 11.6 Å². The quantitative estimate of drug-likeness (QED) is 0.393. The summed E-state index contributed by atoms with van der Waals surface area (Å²) in [6, 6.07) is 14.9. The molecular weight excluding hydrogens is 274 g/mol. The fourth-order valence-electron chi connectivity index (χ4n) is 1.83. The molecule has 22 heavy (non-hydrogen) atoms. The van der Waals surface area contributed by atoms with Crippen molar-refractivity contribution in [1.82, 2.24) is 5.43 Å². The SMILES string of the molecule is C#Cc1cccc(N=C(NNc2ccccc2C)C(C)=O)c1. The molecule has 0 atom stereocenters. The van der Waals surface area contributed by atoms with Crippen molar-refractivity contribution in [3.05, 3.63) is 59.7 Å². The number of aryl methyl sites for hydroxylation is 1. The van der Waals surface area contributed by atoms with Crippen LogP contribution >= 0.6 is 0 Å². The second-order valence-electron chi connectivity index (χ2n) is 4.78. The maximum Gasteiger partial charge on any atom is 0.196 e. The molecule has 0 aliphatic heterocycles. The Morgan fingerprint density at radius 1 is 1.18 bits per heavy atom. The number of nitrogens with one attached hydrogen (secondary N) is 2. The van der Waals surface area contributed by atoms with Crippen molar-refractivity contribution < 1.29 is 4.79 Å². The van der Waals surface area contributed by atoms with Crippen LogP contribution < -0.4 is 10.9 Å². The molecule has 0 saturated heterocycles. The number of anilines is 1. The van der Waals surface area contributed by atoms with Crippen molar-refractivity contribution >= 4 is 23.0 Å². The zero-order chi connectivity index (χ0) is 15.9. The smallest absolute Gasteiger partial charge is 0.196 e. The van der Waals surface area contributed by atoms with E-state index < -0.39 is 0 Å². The molecule has 2 aromatic carbocycles. The number of Topliss-reactive ketones (excluding diaryl/α,β-unsaturated/α-hetero) is 1. The van der Waals surface area contributed by atoms with Gasteiger partial charge in [0.2, 0.25) is 0 Å². The molecule has 0 amide bonds. The average molecular weight is 291 g/mol. The van der Waals surface area contributed by atoms with Gasteiger partial charge in [-0.05, 0) is 36.8 Å². The van der Waals surface area contributed by atoms with Crippen molar-refractivity contribution in [3.63, 3.8) is 0 Å². The fourth-order valence-corrected chi connectivity index (χ4v) is 1.83. The largest absolute Gasteiger partial charge is 0.299 e. The van der Waals surface area contributed by atoms with Gasteiger partial charge in [-0.2, -0.15) is 0 Å². The van der Waals surface area contributed by atoms with Crippen LogP contribution in [0.2, 0.25) is 0 Å². The number of ketones is 1. The molecule has 0 radical (unpaired) electrons. The van der Waals surface area contributed by atoms with Crippen molar-refractivity contribution in [2.45, 2.75) is 13.8 Å². The molecule has 0 bridgehead atoms. The van der Waals surface area contributed by atoms with Gasteiger partial charge in [-0.15, -0.1) is 6.42 Å². The van der Waals surface area contributed by atoms with Gasteiger partial charge in [0.25, 0.3) is 0 Å². The number of nitrogens with zero attached hydrogens (tertiary/aromatic N) is 1. The number of rotatable bonds is 4. The Labute approximate surface area is 130 Å². The molecule has 2 rings (SSSR count). The number of terminal acetylenes is 1. The predicted octanol–water partition coefficient (Wildman–Crippen LogP) is 3.21. The maximum absolute atomic E-state index is 11.7. The summed E-state index contributed by atoms with van der Waals surface area (Å²) in [5, 5.41) is 0. The minimum absolute atomic E-state index is 0.174. The lowest BCUT2D eigenvalue weighted by Gasteiger charge is -2.12. The van der Waals surface area contributed by atoms with Crippen LogP contribution in [-0.2, 0) is 4.79 Å². The number of amidine groups is 1. The highest BCUT2D eigenvalue weighted by molar-refractivity contribution is 6.38. The van der Waals surface area contributed by atoms with Crippen molar-refractivity contribution in [1.29, 1.82) is 0 Å². The number of carbonyl (C=O) groups is 1. The lowest BCUT2D eigenvalue weighted by atomic mass is 10.2. The number of para-hydroxylation sites is 1. The van der Waals surface area contributed by atoms with Crippen LogP contribution in [0.5, 0.6) is 0 Å². The lowest BCUT2D eigenvalue weighted by Crippen LogP contribution is -2.34. The number of aliphatic imine (C=N–C) groups is 1. The first-order valence-corrected chi connectivity index (χ1v) is 6.84. The Morgan fingerprint density at radius 3 is 2.64 bits per heavy atom. The van der Waals surface area contributed by atoms with Gasteiger partial charge in [0.1, 0.15) is 0 Å². The van der Waals surface area contributed by atoms with E-state index in [0.717, 1.165) is 16.8 Å². The van der Waals surface area contributed by atoms with Gasteiger partial charge < -0.3 is 0 Å². The number of hydrogen-bond donors (Lipinski definition) is 2. The number of benzene rings is 2. The van der Waals surface area contributed by atoms with Crippen molar-refractivity contribution in [2.75, 3.05) is 5.43 Å². The molecule has 0 saturated carbocycles. The van der Waals surface area contributed by atoms with Crippen LogP contribution in [0.15, 0.2) is 53.5 Å². The zero-order valence-electron chi connectivity index (χ0n) is 12.6. The maximum atomic E-state index is 11.7. The minimum Gasteiger partial charge on any atom is -0.299 e. The Balaban J connectivity index is 2.20. The Bertz CT molecular complexity index is 757. The first-order valence-electron chi connectivity index (χ1n) is 6.84. The third kappa shape index (κ3) is 3.97. The molecule has 0 fully saturated rings. The van der Waals surface area contributed by atoms with E-state index in [0.29, 0.717) is 5.69 Å². The molecule has 2 aromatic rings. The molecule has 0 aromatic heterocycles. The highest BCUT2D eigenvalue weighted by Crippen LogP contribution is 2.14. The standard InChI is InChI=1S/C18H17N3O/c1-4-15-9-7-10-16(12-15)19-18(14(3)22)21-20-17-11-6-5-8-13(17)2/h1,5-12,20H,2-3H3,(H,19,21). The predicted molar refractivity (Wildman–Crippen MR) is 90.1 cm³/mol. The summed E-state index contributed by atoms with van der Waals surface area (Å²) in [4.78, 5) is 16.0. The van der Waals surface area contributed by atoms with E-state index in [1.54, 1.807) is 18.2 Å². The molecule has 4 heteroatoms. The van der Waals surface area contributed by atoms with Crippen molar-refractivity contribution in [3.8, 4) is 12.3 Å². The van der Waals surface area contributed by atoms with Crippen LogP contribution in [0.4, 0.5) is 11.4 Å². The molecule has 4 nitrogen and oxygen atoms in total. The van der Waals surface area contributed by atoms with E-state index >= 15 is 0 Å². The van der Waals surface area contributed by atoms with Gasteiger partial charge in [-0.25, -0.2) is 4.99 Å². The molecular formula is C18H17N3O. The first-order chi connectivity index (χ1) is 10.6.